The molecule has 3 rings (SSSR count). The van der Waals surface area contributed by atoms with Crippen LogP contribution in [-0.2, 0) is 11.3 Å². The molecule has 0 saturated heterocycles. The van der Waals surface area contributed by atoms with Crippen molar-refractivity contribution in [3.63, 3.8) is 0 Å². The summed E-state index contributed by atoms with van der Waals surface area (Å²) in [5, 5.41) is 8.82. The fraction of sp³-hybridized carbons (Fsp3) is 0.846. The molecule has 1 aromatic rings. The zero-order valence-electron chi connectivity index (χ0n) is 10.5. The van der Waals surface area contributed by atoms with Gasteiger partial charge in [0.05, 0.1) is 5.88 Å². The van der Waals surface area contributed by atoms with Crippen LogP contribution in [0.25, 0.3) is 0 Å². The van der Waals surface area contributed by atoms with Crippen LogP contribution in [-0.4, -0.2) is 14.8 Å². The number of aromatic nitrogens is 3. The fourth-order valence-electron chi connectivity index (χ4n) is 3.28. The molecule has 0 bridgehead atoms. The summed E-state index contributed by atoms with van der Waals surface area (Å²) < 4.78 is 2.36. The Bertz CT molecular complexity index is 403. The van der Waals surface area contributed by atoms with Gasteiger partial charge in [0.15, 0.2) is 0 Å². The SMILES string of the molecule is CCC1(c2nnc(CCl)n2C2CC2)CCCC1. The second kappa shape index (κ2) is 4.27. The molecule has 94 valence electrons. The maximum Gasteiger partial charge on any atom is 0.148 e. The van der Waals surface area contributed by atoms with Crippen LogP contribution in [0.1, 0.15) is 69.6 Å². The van der Waals surface area contributed by atoms with E-state index in [4.69, 9.17) is 11.6 Å². The lowest BCUT2D eigenvalue weighted by Crippen LogP contribution is -2.26. The minimum Gasteiger partial charge on any atom is -0.310 e. The molecule has 0 N–H and O–H groups in total. The van der Waals surface area contributed by atoms with Crippen LogP contribution in [0.4, 0.5) is 0 Å². The smallest absolute Gasteiger partial charge is 0.148 e. The molecule has 4 heteroatoms. The average Bonchev–Trinajstić information content (AvgIpc) is 2.94. The third-order valence-corrected chi connectivity index (χ3v) is 4.75. The lowest BCUT2D eigenvalue weighted by molar-refractivity contribution is 0.377. The second-order valence-electron chi connectivity index (χ2n) is 5.52. The fourth-order valence-corrected chi connectivity index (χ4v) is 3.46. The molecule has 0 radical (unpaired) electrons. The van der Waals surface area contributed by atoms with Gasteiger partial charge >= 0.3 is 0 Å². The van der Waals surface area contributed by atoms with Gasteiger partial charge in [-0.2, -0.15) is 0 Å². The van der Waals surface area contributed by atoms with Gasteiger partial charge in [-0.15, -0.1) is 21.8 Å². The van der Waals surface area contributed by atoms with Gasteiger partial charge in [0.1, 0.15) is 11.6 Å². The van der Waals surface area contributed by atoms with Gasteiger partial charge in [-0.1, -0.05) is 19.8 Å². The summed E-state index contributed by atoms with van der Waals surface area (Å²) >= 11 is 5.99. The Labute approximate surface area is 108 Å². The summed E-state index contributed by atoms with van der Waals surface area (Å²) in [5.74, 6) is 2.70. The highest BCUT2D eigenvalue weighted by Gasteiger charge is 2.41. The summed E-state index contributed by atoms with van der Waals surface area (Å²) in [7, 11) is 0. The van der Waals surface area contributed by atoms with Gasteiger partial charge in [-0.25, -0.2) is 0 Å². The van der Waals surface area contributed by atoms with E-state index in [1.165, 1.54) is 50.8 Å². The molecule has 3 nitrogen and oxygen atoms in total. The lowest BCUT2D eigenvalue weighted by Gasteiger charge is -2.27. The van der Waals surface area contributed by atoms with Gasteiger partial charge < -0.3 is 4.57 Å². The Morgan fingerprint density at radius 1 is 1.29 bits per heavy atom. The van der Waals surface area contributed by atoms with Crippen LogP contribution in [0.2, 0.25) is 0 Å². The van der Waals surface area contributed by atoms with Crippen molar-refractivity contribution < 1.29 is 0 Å². The van der Waals surface area contributed by atoms with E-state index in [2.05, 4.69) is 21.7 Å². The van der Waals surface area contributed by atoms with Gasteiger partial charge in [0, 0.05) is 11.5 Å². The number of rotatable bonds is 4. The largest absolute Gasteiger partial charge is 0.310 e. The molecule has 1 aromatic heterocycles. The summed E-state index contributed by atoms with van der Waals surface area (Å²) in [6.45, 7) is 2.29. The second-order valence-corrected chi connectivity index (χ2v) is 5.78. The molecule has 17 heavy (non-hydrogen) atoms. The van der Waals surface area contributed by atoms with Crippen molar-refractivity contribution in [2.45, 2.75) is 69.2 Å². The number of halogens is 1. The van der Waals surface area contributed by atoms with Crippen molar-refractivity contribution in [3.8, 4) is 0 Å². The number of hydrogen-bond acceptors (Lipinski definition) is 2. The third kappa shape index (κ3) is 1.79. The van der Waals surface area contributed by atoms with Crippen molar-refractivity contribution >= 4 is 11.6 Å². The van der Waals surface area contributed by atoms with E-state index in [0.717, 1.165) is 5.82 Å². The van der Waals surface area contributed by atoms with E-state index in [-0.39, 0.29) is 0 Å². The average molecular weight is 254 g/mol. The molecule has 2 aliphatic rings. The molecular weight excluding hydrogens is 234 g/mol. The Morgan fingerprint density at radius 3 is 2.53 bits per heavy atom. The van der Waals surface area contributed by atoms with Crippen molar-refractivity contribution in [3.05, 3.63) is 11.6 Å². The molecule has 1 heterocycles. The van der Waals surface area contributed by atoms with Crippen LogP contribution >= 0.6 is 11.6 Å². The van der Waals surface area contributed by atoms with Crippen molar-refractivity contribution in [2.75, 3.05) is 0 Å². The van der Waals surface area contributed by atoms with E-state index in [1.54, 1.807) is 0 Å². The molecule has 2 fully saturated rings. The molecule has 0 aromatic carbocycles. The van der Waals surface area contributed by atoms with Gasteiger partial charge in [-0.05, 0) is 32.1 Å². The molecule has 2 saturated carbocycles. The zero-order valence-corrected chi connectivity index (χ0v) is 11.2. The van der Waals surface area contributed by atoms with Crippen LogP contribution in [0.5, 0.6) is 0 Å². The summed E-state index contributed by atoms with van der Waals surface area (Å²) in [4.78, 5) is 0. The molecular formula is C13H20ClN3. The number of nitrogens with zero attached hydrogens (tertiary/aromatic N) is 3. The predicted molar refractivity (Wildman–Crippen MR) is 68.3 cm³/mol. The Kier molecular flexibility index (Phi) is 2.89. The van der Waals surface area contributed by atoms with Gasteiger partial charge in [0.25, 0.3) is 0 Å². The third-order valence-electron chi connectivity index (χ3n) is 4.51. The molecule has 0 atom stereocenters. The lowest BCUT2D eigenvalue weighted by atomic mass is 9.82. The molecule has 0 spiro atoms. The van der Waals surface area contributed by atoms with Crippen LogP contribution in [0.15, 0.2) is 0 Å². The normalized spacial score (nSPS) is 23.2. The molecule has 0 aliphatic heterocycles. The highest BCUT2D eigenvalue weighted by Crippen LogP contribution is 2.46. The first-order chi connectivity index (χ1) is 8.30. The topological polar surface area (TPSA) is 30.7 Å². The number of alkyl halides is 1. The minimum atomic E-state index is 0.292. The first-order valence-corrected chi connectivity index (χ1v) is 7.34. The Balaban J connectivity index is 2.03. The van der Waals surface area contributed by atoms with Crippen molar-refractivity contribution in [2.24, 2.45) is 0 Å². The standard InChI is InChI=1S/C13H20ClN3/c1-2-13(7-3-4-8-13)12-16-15-11(9-14)17(12)10-5-6-10/h10H,2-9H2,1H3. The van der Waals surface area contributed by atoms with Gasteiger partial charge in [-0.3, -0.25) is 0 Å². The molecule has 2 aliphatic carbocycles. The molecule has 0 amide bonds. The highest BCUT2D eigenvalue weighted by atomic mass is 35.5. The summed E-state index contributed by atoms with van der Waals surface area (Å²) in [6.07, 6.45) is 8.94. The maximum atomic E-state index is 5.99. The van der Waals surface area contributed by atoms with E-state index in [0.29, 0.717) is 17.3 Å². The maximum absolute atomic E-state index is 5.99. The first kappa shape index (κ1) is 11.5. The van der Waals surface area contributed by atoms with Crippen molar-refractivity contribution in [1.29, 1.82) is 0 Å². The molecule has 0 unspecified atom stereocenters. The summed E-state index contributed by atoms with van der Waals surface area (Å²) in [5.41, 5.74) is 0.292. The van der Waals surface area contributed by atoms with Crippen molar-refractivity contribution in [1.82, 2.24) is 14.8 Å². The number of hydrogen-bond donors (Lipinski definition) is 0. The van der Waals surface area contributed by atoms with E-state index < -0.39 is 0 Å². The van der Waals surface area contributed by atoms with E-state index >= 15 is 0 Å². The zero-order chi connectivity index (χ0) is 11.9. The monoisotopic (exact) mass is 253 g/mol. The summed E-state index contributed by atoms with van der Waals surface area (Å²) in [6, 6.07) is 0.637. The predicted octanol–water partition coefficient (Wildman–Crippen LogP) is 3.57. The quantitative estimate of drug-likeness (QED) is 0.768. The van der Waals surface area contributed by atoms with Crippen LogP contribution < -0.4 is 0 Å². The Morgan fingerprint density at radius 2 is 2.00 bits per heavy atom. The van der Waals surface area contributed by atoms with Crippen LogP contribution in [0, 0.1) is 0 Å². The van der Waals surface area contributed by atoms with E-state index in [1.807, 2.05) is 0 Å². The van der Waals surface area contributed by atoms with E-state index in [9.17, 15) is 0 Å². The first-order valence-electron chi connectivity index (χ1n) is 6.81. The minimum absolute atomic E-state index is 0.292. The highest BCUT2D eigenvalue weighted by molar-refractivity contribution is 6.16. The van der Waals surface area contributed by atoms with Crippen LogP contribution in [0.3, 0.4) is 0 Å². The van der Waals surface area contributed by atoms with Gasteiger partial charge in [0.2, 0.25) is 0 Å². The Hall–Kier alpha value is -0.570.